The summed E-state index contributed by atoms with van der Waals surface area (Å²) >= 11 is 0. The van der Waals surface area contributed by atoms with E-state index in [1.54, 1.807) is 16.1 Å². The van der Waals surface area contributed by atoms with Crippen molar-refractivity contribution in [2.75, 3.05) is 13.1 Å². The zero-order valence-electron chi connectivity index (χ0n) is 20.2. The number of furan rings is 1. The number of carbonyl (C=O) groups is 2. The zero-order valence-corrected chi connectivity index (χ0v) is 20.2. The normalized spacial score (nSPS) is 11.0. The highest BCUT2D eigenvalue weighted by Gasteiger charge is 2.22. The molecule has 6 heteroatoms. The molecule has 0 aliphatic heterocycles. The summed E-state index contributed by atoms with van der Waals surface area (Å²) in [6.07, 6.45) is 12.9. The van der Waals surface area contributed by atoms with Crippen LogP contribution in [0.25, 0.3) is 0 Å². The Balaban J connectivity index is 1.99. The number of aromatic nitrogens is 1. The lowest BCUT2D eigenvalue weighted by atomic mass is 10.1. The van der Waals surface area contributed by atoms with Crippen LogP contribution in [0.1, 0.15) is 83.1 Å². The van der Waals surface area contributed by atoms with Gasteiger partial charge in [-0.1, -0.05) is 52.4 Å². The number of amides is 2. The summed E-state index contributed by atoms with van der Waals surface area (Å²) < 4.78 is 7.51. The molecular formula is C26H41N3O3. The average molecular weight is 444 g/mol. The van der Waals surface area contributed by atoms with E-state index in [0.29, 0.717) is 26.1 Å². The fraction of sp³-hybridized carbons (Fsp3) is 0.615. The first-order chi connectivity index (χ1) is 15.5. The number of hydrogen-bond donors (Lipinski definition) is 0. The SMILES string of the molecule is CCCCCCCCC(=O)N(CCCC)CC(=O)N(Cc1ccco1)Cc1cccn1C. The topological polar surface area (TPSA) is 58.7 Å². The molecule has 0 unspecified atom stereocenters. The maximum atomic E-state index is 13.3. The second-order valence-electron chi connectivity index (χ2n) is 8.63. The van der Waals surface area contributed by atoms with Gasteiger partial charge in [-0.05, 0) is 37.1 Å². The summed E-state index contributed by atoms with van der Waals surface area (Å²) in [5, 5.41) is 0. The highest BCUT2D eigenvalue weighted by Crippen LogP contribution is 2.14. The van der Waals surface area contributed by atoms with Crippen LogP contribution in [-0.4, -0.2) is 39.3 Å². The Kier molecular flexibility index (Phi) is 11.7. The van der Waals surface area contributed by atoms with Crippen molar-refractivity contribution in [3.05, 3.63) is 48.2 Å². The molecule has 2 rings (SSSR count). The number of nitrogens with zero attached hydrogens (tertiary/aromatic N) is 3. The van der Waals surface area contributed by atoms with E-state index in [0.717, 1.165) is 37.1 Å². The first-order valence-corrected chi connectivity index (χ1v) is 12.2. The van der Waals surface area contributed by atoms with Crippen molar-refractivity contribution in [3.63, 3.8) is 0 Å². The molecule has 32 heavy (non-hydrogen) atoms. The Morgan fingerprint density at radius 1 is 0.875 bits per heavy atom. The monoisotopic (exact) mass is 443 g/mol. The van der Waals surface area contributed by atoms with E-state index in [9.17, 15) is 9.59 Å². The van der Waals surface area contributed by atoms with Crippen LogP contribution in [0, 0.1) is 0 Å². The summed E-state index contributed by atoms with van der Waals surface area (Å²) in [5.41, 5.74) is 1.04. The molecule has 0 radical (unpaired) electrons. The molecule has 0 saturated heterocycles. The van der Waals surface area contributed by atoms with Crippen molar-refractivity contribution in [3.8, 4) is 0 Å². The van der Waals surface area contributed by atoms with E-state index >= 15 is 0 Å². The standard InChI is InChI=1S/C26H41N3O3/c1-4-6-8-9-10-11-16-25(30)28(18-7-5-2)22-26(31)29(21-24-15-13-19-32-24)20-23-14-12-17-27(23)3/h12-15,17,19H,4-11,16,18,20-22H2,1-3H3. The minimum atomic E-state index is -0.0463. The molecule has 2 amide bonds. The predicted octanol–water partition coefficient (Wildman–Crippen LogP) is 5.53. The van der Waals surface area contributed by atoms with Crippen LogP contribution in [0.5, 0.6) is 0 Å². The Labute approximate surface area is 193 Å². The van der Waals surface area contributed by atoms with Crippen molar-refractivity contribution in [1.29, 1.82) is 0 Å². The molecule has 0 aliphatic rings. The van der Waals surface area contributed by atoms with Gasteiger partial charge in [0.25, 0.3) is 0 Å². The lowest BCUT2D eigenvalue weighted by molar-refractivity contribution is -0.141. The Hall–Kier alpha value is -2.50. The van der Waals surface area contributed by atoms with Gasteiger partial charge >= 0.3 is 0 Å². The summed E-state index contributed by atoms with van der Waals surface area (Å²) in [7, 11) is 1.97. The van der Waals surface area contributed by atoms with E-state index in [1.165, 1.54) is 25.7 Å². The molecule has 0 N–H and O–H groups in total. The fourth-order valence-electron chi connectivity index (χ4n) is 3.80. The van der Waals surface area contributed by atoms with Gasteiger partial charge in [0.2, 0.25) is 11.8 Å². The highest BCUT2D eigenvalue weighted by atomic mass is 16.3. The van der Waals surface area contributed by atoms with Crippen LogP contribution in [0.15, 0.2) is 41.1 Å². The van der Waals surface area contributed by atoms with Gasteiger partial charge < -0.3 is 18.8 Å². The summed E-state index contributed by atoms with van der Waals surface area (Å²) in [6, 6.07) is 7.70. The van der Waals surface area contributed by atoms with Crippen molar-refractivity contribution < 1.29 is 14.0 Å². The second kappa shape index (κ2) is 14.5. The first-order valence-electron chi connectivity index (χ1n) is 12.2. The van der Waals surface area contributed by atoms with E-state index in [-0.39, 0.29) is 18.4 Å². The predicted molar refractivity (Wildman–Crippen MR) is 128 cm³/mol. The van der Waals surface area contributed by atoms with E-state index in [1.807, 2.05) is 42.1 Å². The lowest BCUT2D eigenvalue weighted by Crippen LogP contribution is -2.43. The molecule has 2 aromatic heterocycles. The molecule has 0 fully saturated rings. The molecule has 0 bridgehead atoms. The fourth-order valence-corrected chi connectivity index (χ4v) is 3.80. The van der Waals surface area contributed by atoms with E-state index in [2.05, 4.69) is 13.8 Å². The molecule has 2 aromatic rings. The maximum absolute atomic E-state index is 13.3. The molecule has 2 heterocycles. The molecule has 178 valence electrons. The van der Waals surface area contributed by atoms with Gasteiger partial charge in [-0.3, -0.25) is 9.59 Å². The van der Waals surface area contributed by atoms with Gasteiger partial charge in [0.05, 0.1) is 25.9 Å². The largest absolute Gasteiger partial charge is 0.467 e. The zero-order chi connectivity index (χ0) is 23.2. The van der Waals surface area contributed by atoms with E-state index in [4.69, 9.17) is 4.42 Å². The van der Waals surface area contributed by atoms with Gasteiger partial charge in [0.15, 0.2) is 0 Å². The third kappa shape index (κ3) is 8.93. The lowest BCUT2D eigenvalue weighted by Gasteiger charge is -2.27. The summed E-state index contributed by atoms with van der Waals surface area (Å²) in [5.74, 6) is 0.792. The molecular weight excluding hydrogens is 402 g/mol. The van der Waals surface area contributed by atoms with Gasteiger partial charge in [-0.2, -0.15) is 0 Å². The molecule has 0 saturated carbocycles. The minimum Gasteiger partial charge on any atom is -0.467 e. The van der Waals surface area contributed by atoms with Crippen LogP contribution >= 0.6 is 0 Å². The second-order valence-corrected chi connectivity index (χ2v) is 8.63. The minimum absolute atomic E-state index is 0.0463. The highest BCUT2D eigenvalue weighted by molar-refractivity contribution is 5.84. The smallest absolute Gasteiger partial charge is 0.242 e. The van der Waals surface area contributed by atoms with Crippen molar-refractivity contribution >= 4 is 11.8 Å². The Morgan fingerprint density at radius 3 is 2.28 bits per heavy atom. The van der Waals surface area contributed by atoms with Crippen LogP contribution in [-0.2, 0) is 29.7 Å². The number of unbranched alkanes of at least 4 members (excludes halogenated alkanes) is 6. The van der Waals surface area contributed by atoms with Gasteiger partial charge in [-0.15, -0.1) is 0 Å². The number of hydrogen-bond acceptors (Lipinski definition) is 3. The van der Waals surface area contributed by atoms with Crippen molar-refractivity contribution in [2.45, 2.75) is 84.7 Å². The van der Waals surface area contributed by atoms with Crippen LogP contribution in [0.3, 0.4) is 0 Å². The molecule has 0 spiro atoms. The van der Waals surface area contributed by atoms with Crippen LogP contribution < -0.4 is 0 Å². The quantitative estimate of drug-likeness (QED) is 0.321. The Morgan fingerprint density at radius 2 is 1.62 bits per heavy atom. The first kappa shape index (κ1) is 25.8. The summed E-state index contributed by atoms with van der Waals surface area (Å²) in [4.78, 5) is 29.8. The third-order valence-corrected chi connectivity index (χ3v) is 5.89. The molecule has 0 aromatic carbocycles. The number of aryl methyl sites for hydroxylation is 1. The van der Waals surface area contributed by atoms with Crippen LogP contribution in [0.2, 0.25) is 0 Å². The van der Waals surface area contributed by atoms with Crippen molar-refractivity contribution in [1.82, 2.24) is 14.4 Å². The molecule has 0 aliphatic carbocycles. The average Bonchev–Trinajstić information content (AvgIpc) is 3.44. The molecule has 0 atom stereocenters. The third-order valence-electron chi connectivity index (χ3n) is 5.89. The van der Waals surface area contributed by atoms with Crippen LogP contribution in [0.4, 0.5) is 0 Å². The molecule has 6 nitrogen and oxygen atoms in total. The van der Waals surface area contributed by atoms with Gasteiger partial charge in [-0.25, -0.2) is 0 Å². The maximum Gasteiger partial charge on any atom is 0.242 e. The summed E-state index contributed by atoms with van der Waals surface area (Å²) in [6.45, 7) is 5.95. The van der Waals surface area contributed by atoms with Gasteiger partial charge in [0.1, 0.15) is 5.76 Å². The number of carbonyl (C=O) groups excluding carboxylic acids is 2. The Bertz CT molecular complexity index is 782. The van der Waals surface area contributed by atoms with Gasteiger partial charge in [0, 0.05) is 31.9 Å². The van der Waals surface area contributed by atoms with Crippen molar-refractivity contribution in [2.24, 2.45) is 7.05 Å². The van der Waals surface area contributed by atoms with E-state index < -0.39 is 0 Å². The number of rotatable bonds is 16.